The molecular weight excluding hydrogens is 376 g/mol. The molecule has 0 spiro atoms. The molecule has 6 nitrogen and oxygen atoms in total. The Balaban J connectivity index is 1.71. The first-order chi connectivity index (χ1) is 14.5. The molecule has 2 atom stereocenters. The molecule has 1 aromatic heterocycles. The van der Waals surface area contributed by atoms with Crippen LogP contribution in [0.4, 0.5) is 0 Å². The number of guanidine groups is 1. The Morgan fingerprint density at radius 3 is 2.43 bits per heavy atom. The van der Waals surface area contributed by atoms with Crippen molar-refractivity contribution in [2.75, 3.05) is 26.3 Å². The highest BCUT2D eigenvalue weighted by Gasteiger charge is 2.34. The van der Waals surface area contributed by atoms with E-state index in [9.17, 15) is 0 Å². The molecule has 0 bridgehead atoms. The highest BCUT2D eigenvalue weighted by Crippen LogP contribution is 2.26. The predicted molar refractivity (Wildman–Crippen MR) is 122 cm³/mol. The maximum atomic E-state index is 5.77. The number of hydrogen-bond acceptors (Lipinski definition) is 4. The maximum Gasteiger partial charge on any atom is 0.191 e. The summed E-state index contributed by atoms with van der Waals surface area (Å²) < 4.78 is 11.4. The first-order valence-electron chi connectivity index (χ1n) is 11.0. The topological polar surface area (TPSA) is 70.8 Å². The van der Waals surface area contributed by atoms with Crippen LogP contribution < -0.4 is 16.0 Å². The van der Waals surface area contributed by atoms with Gasteiger partial charge in [-0.1, -0.05) is 30.3 Å². The second-order valence-corrected chi connectivity index (χ2v) is 8.18. The second kappa shape index (κ2) is 10.6. The van der Waals surface area contributed by atoms with E-state index >= 15 is 0 Å². The molecule has 3 N–H and O–H groups in total. The summed E-state index contributed by atoms with van der Waals surface area (Å²) >= 11 is 0. The Kier molecular flexibility index (Phi) is 7.94. The molecule has 1 fully saturated rings. The fourth-order valence-corrected chi connectivity index (χ4v) is 3.91. The van der Waals surface area contributed by atoms with Crippen LogP contribution in [0, 0.1) is 6.92 Å². The largest absolute Gasteiger partial charge is 0.464 e. The van der Waals surface area contributed by atoms with Gasteiger partial charge >= 0.3 is 0 Å². The van der Waals surface area contributed by atoms with Crippen molar-refractivity contribution in [2.45, 2.75) is 58.2 Å². The van der Waals surface area contributed by atoms with E-state index in [0.717, 1.165) is 50.1 Å². The van der Waals surface area contributed by atoms with Gasteiger partial charge in [-0.25, -0.2) is 0 Å². The van der Waals surface area contributed by atoms with Crippen molar-refractivity contribution in [3.05, 3.63) is 59.5 Å². The van der Waals surface area contributed by atoms with E-state index in [4.69, 9.17) is 14.1 Å². The van der Waals surface area contributed by atoms with Gasteiger partial charge in [-0.15, -0.1) is 0 Å². The van der Waals surface area contributed by atoms with Gasteiger partial charge in [0.15, 0.2) is 5.96 Å². The smallest absolute Gasteiger partial charge is 0.191 e. The Labute approximate surface area is 180 Å². The highest BCUT2D eigenvalue weighted by atomic mass is 16.5. The van der Waals surface area contributed by atoms with E-state index in [1.54, 1.807) is 0 Å². The first kappa shape index (κ1) is 22.4. The second-order valence-electron chi connectivity index (χ2n) is 8.18. The number of nitrogens with one attached hydrogen (secondary N) is 3. The van der Waals surface area contributed by atoms with Gasteiger partial charge in [0, 0.05) is 31.3 Å². The third-order valence-electron chi connectivity index (χ3n) is 5.70. The molecule has 3 rings (SSSR count). The van der Waals surface area contributed by atoms with Crippen molar-refractivity contribution in [1.82, 2.24) is 16.0 Å². The summed E-state index contributed by atoms with van der Waals surface area (Å²) in [5.74, 6) is 2.63. The van der Waals surface area contributed by atoms with Crippen molar-refractivity contribution in [2.24, 2.45) is 4.99 Å². The summed E-state index contributed by atoms with van der Waals surface area (Å²) in [6.45, 7) is 11.4. The number of nitrogens with zero attached hydrogens (tertiary/aromatic N) is 1. The van der Waals surface area contributed by atoms with Gasteiger partial charge in [0.05, 0.1) is 12.6 Å². The van der Waals surface area contributed by atoms with Crippen LogP contribution in [-0.2, 0) is 4.74 Å². The number of furan rings is 1. The van der Waals surface area contributed by atoms with Crippen LogP contribution in [0.25, 0.3) is 0 Å². The van der Waals surface area contributed by atoms with Crippen LogP contribution in [0.3, 0.4) is 0 Å². The summed E-state index contributed by atoms with van der Waals surface area (Å²) in [6, 6.07) is 14.9. The third-order valence-corrected chi connectivity index (χ3v) is 5.70. The standard InChI is InChI=1S/C24H36N4O2/c1-5-25-23(27-20(4)22-12-11-18(2)30-22)26-17-24(13-15-29-16-14-24)28-19(3)21-9-7-6-8-10-21/h6-12,19-20,28H,5,13-17H2,1-4H3,(H2,25,26,27). The van der Waals surface area contributed by atoms with Gasteiger partial charge in [0.25, 0.3) is 0 Å². The molecule has 1 saturated heterocycles. The molecule has 2 aromatic rings. The zero-order valence-corrected chi connectivity index (χ0v) is 18.7. The quantitative estimate of drug-likeness (QED) is 0.450. The van der Waals surface area contributed by atoms with E-state index < -0.39 is 0 Å². The van der Waals surface area contributed by atoms with Gasteiger partial charge < -0.3 is 25.1 Å². The summed E-state index contributed by atoms with van der Waals surface area (Å²) in [5.41, 5.74) is 1.21. The van der Waals surface area contributed by atoms with E-state index in [0.29, 0.717) is 6.54 Å². The lowest BCUT2D eigenvalue weighted by Crippen LogP contribution is -2.53. The fourth-order valence-electron chi connectivity index (χ4n) is 3.91. The minimum absolute atomic E-state index is 0.0401. The minimum Gasteiger partial charge on any atom is -0.464 e. The lowest BCUT2D eigenvalue weighted by molar-refractivity contribution is 0.0374. The fraction of sp³-hybridized carbons (Fsp3) is 0.542. The van der Waals surface area contributed by atoms with Crippen molar-refractivity contribution >= 4 is 5.96 Å². The average Bonchev–Trinajstić information content (AvgIpc) is 3.20. The van der Waals surface area contributed by atoms with Crippen molar-refractivity contribution < 1.29 is 9.15 Å². The van der Waals surface area contributed by atoms with E-state index in [2.05, 4.69) is 67.1 Å². The lowest BCUT2D eigenvalue weighted by Gasteiger charge is -2.39. The summed E-state index contributed by atoms with van der Waals surface area (Å²) in [7, 11) is 0. The van der Waals surface area contributed by atoms with Crippen LogP contribution >= 0.6 is 0 Å². The molecule has 0 amide bonds. The molecule has 0 saturated carbocycles. The van der Waals surface area contributed by atoms with Gasteiger partial charge in [-0.05, 0) is 58.2 Å². The molecule has 1 aromatic carbocycles. The van der Waals surface area contributed by atoms with E-state index in [-0.39, 0.29) is 17.6 Å². The predicted octanol–water partition coefficient (Wildman–Crippen LogP) is 4.10. The number of aryl methyl sites for hydroxylation is 1. The molecule has 6 heteroatoms. The Morgan fingerprint density at radius 1 is 1.07 bits per heavy atom. The Morgan fingerprint density at radius 2 is 1.80 bits per heavy atom. The minimum atomic E-state index is -0.0830. The molecule has 0 radical (unpaired) electrons. The van der Waals surface area contributed by atoms with Gasteiger partial charge in [0.1, 0.15) is 11.5 Å². The van der Waals surface area contributed by atoms with E-state index in [1.165, 1.54) is 5.56 Å². The zero-order valence-electron chi connectivity index (χ0n) is 18.7. The summed E-state index contributed by atoms with van der Waals surface area (Å²) in [6.07, 6.45) is 1.89. The molecule has 0 aliphatic carbocycles. The van der Waals surface area contributed by atoms with Crippen molar-refractivity contribution in [1.29, 1.82) is 0 Å². The van der Waals surface area contributed by atoms with Crippen LogP contribution in [0.15, 0.2) is 51.9 Å². The third kappa shape index (κ3) is 6.09. The van der Waals surface area contributed by atoms with Crippen molar-refractivity contribution in [3.63, 3.8) is 0 Å². The molecule has 1 aliphatic heterocycles. The lowest BCUT2D eigenvalue weighted by atomic mass is 9.88. The number of rotatable bonds is 8. The maximum absolute atomic E-state index is 5.77. The van der Waals surface area contributed by atoms with Crippen LogP contribution in [-0.4, -0.2) is 37.8 Å². The van der Waals surface area contributed by atoms with Crippen LogP contribution in [0.1, 0.15) is 62.8 Å². The first-order valence-corrected chi connectivity index (χ1v) is 11.0. The van der Waals surface area contributed by atoms with Crippen LogP contribution in [0.2, 0.25) is 0 Å². The number of hydrogen-bond donors (Lipinski definition) is 3. The number of ether oxygens (including phenoxy) is 1. The van der Waals surface area contributed by atoms with Crippen molar-refractivity contribution in [3.8, 4) is 0 Å². The van der Waals surface area contributed by atoms with Gasteiger partial charge in [-0.2, -0.15) is 0 Å². The molecule has 164 valence electrons. The molecule has 30 heavy (non-hydrogen) atoms. The molecular formula is C24H36N4O2. The number of benzene rings is 1. The molecule has 1 aliphatic rings. The average molecular weight is 413 g/mol. The van der Waals surface area contributed by atoms with Gasteiger partial charge in [-0.3, -0.25) is 4.99 Å². The zero-order chi connectivity index (χ0) is 21.4. The molecule has 2 heterocycles. The molecule has 2 unspecified atom stereocenters. The SMILES string of the molecule is CCNC(=NCC1(NC(C)c2ccccc2)CCOCC1)NC(C)c1ccc(C)o1. The van der Waals surface area contributed by atoms with Crippen LogP contribution in [0.5, 0.6) is 0 Å². The van der Waals surface area contributed by atoms with Gasteiger partial charge in [0.2, 0.25) is 0 Å². The Bertz CT molecular complexity index is 797. The monoisotopic (exact) mass is 412 g/mol. The number of aliphatic imine (C=N–C) groups is 1. The Hall–Kier alpha value is -2.31. The summed E-state index contributed by atoms with van der Waals surface area (Å²) in [5, 5.41) is 10.7. The highest BCUT2D eigenvalue weighted by molar-refractivity contribution is 5.80. The van der Waals surface area contributed by atoms with E-state index in [1.807, 2.05) is 19.1 Å². The summed E-state index contributed by atoms with van der Waals surface area (Å²) in [4.78, 5) is 4.96. The normalized spacial score (nSPS) is 18.6.